The number of rotatable bonds is 6. The summed E-state index contributed by atoms with van der Waals surface area (Å²) < 4.78 is 2.15. The molecule has 2 heterocycles. The smallest absolute Gasteiger partial charge is 0.230 e. The highest BCUT2D eigenvalue weighted by atomic mass is 32.2. The number of thioether (sulfide) groups is 1. The number of amides is 1. The summed E-state index contributed by atoms with van der Waals surface area (Å²) in [5.74, 6) is 1.36. The minimum atomic E-state index is 0.0337. The quantitative estimate of drug-likeness (QED) is 0.833. The van der Waals surface area contributed by atoms with Gasteiger partial charge >= 0.3 is 0 Å². The third-order valence-electron chi connectivity index (χ3n) is 3.12. The number of carbonyl (C=O) groups excluding carboxylic acids is 1. The predicted octanol–water partition coefficient (Wildman–Crippen LogP) is 2.39. The van der Waals surface area contributed by atoms with Crippen LogP contribution >= 0.6 is 23.1 Å². The Balaban J connectivity index is 1.50. The first-order valence-electron chi connectivity index (χ1n) is 6.57. The zero-order valence-corrected chi connectivity index (χ0v) is 12.8. The molecule has 0 aromatic carbocycles. The summed E-state index contributed by atoms with van der Waals surface area (Å²) in [6.07, 6.45) is 2.38. The Bertz CT molecular complexity index is 590. The van der Waals surface area contributed by atoms with Crippen LogP contribution in [0.25, 0.3) is 0 Å². The van der Waals surface area contributed by atoms with Crippen LogP contribution in [0, 0.1) is 6.92 Å². The molecular formula is C13H16N4OS2. The lowest BCUT2D eigenvalue weighted by molar-refractivity contribution is -0.118. The number of hydrogen-bond acceptors (Lipinski definition) is 5. The first kappa shape index (κ1) is 13.6. The monoisotopic (exact) mass is 308 g/mol. The molecule has 106 valence electrons. The van der Waals surface area contributed by atoms with Crippen LogP contribution in [0.3, 0.4) is 0 Å². The van der Waals surface area contributed by atoms with Crippen LogP contribution in [0.15, 0.2) is 22.7 Å². The van der Waals surface area contributed by atoms with E-state index in [0.717, 1.165) is 11.0 Å². The van der Waals surface area contributed by atoms with E-state index in [-0.39, 0.29) is 5.91 Å². The zero-order valence-electron chi connectivity index (χ0n) is 11.2. The minimum Gasteiger partial charge on any atom is -0.350 e. The Labute approximate surface area is 125 Å². The van der Waals surface area contributed by atoms with Gasteiger partial charge in [0.25, 0.3) is 0 Å². The van der Waals surface area contributed by atoms with E-state index in [4.69, 9.17) is 0 Å². The van der Waals surface area contributed by atoms with E-state index in [1.165, 1.54) is 29.5 Å². The van der Waals surface area contributed by atoms with Crippen LogP contribution in [0.2, 0.25) is 0 Å². The number of aryl methyl sites for hydroxylation is 1. The molecule has 2 aromatic rings. The zero-order chi connectivity index (χ0) is 13.9. The van der Waals surface area contributed by atoms with Crippen molar-refractivity contribution in [2.75, 3.05) is 5.75 Å². The second-order valence-corrected chi connectivity index (χ2v) is 6.75. The van der Waals surface area contributed by atoms with Crippen LogP contribution in [0.4, 0.5) is 0 Å². The molecular weight excluding hydrogens is 292 g/mol. The Kier molecular flexibility index (Phi) is 4.07. The summed E-state index contributed by atoms with van der Waals surface area (Å²) in [7, 11) is 0. The molecule has 7 heteroatoms. The van der Waals surface area contributed by atoms with E-state index in [2.05, 4.69) is 20.1 Å². The molecule has 2 aromatic heterocycles. The number of carbonyl (C=O) groups is 1. The summed E-state index contributed by atoms with van der Waals surface area (Å²) in [4.78, 5) is 13.0. The van der Waals surface area contributed by atoms with E-state index in [0.29, 0.717) is 18.3 Å². The highest BCUT2D eigenvalue weighted by Crippen LogP contribution is 2.38. The van der Waals surface area contributed by atoms with Gasteiger partial charge in [0.15, 0.2) is 5.16 Å². The van der Waals surface area contributed by atoms with Gasteiger partial charge in [0.05, 0.1) is 12.3 Å². The molecule has 1 fully saturated rings. The van der Waals surface area contributed by atoms with Gasteiger partial charge in [-0.25, -0.2) is 0 Å². The Hall–Kier alpha value is -1.34. The van der Waals surface area contributed by atoms with E-state index in [1.807, 2.05) is 24.4 Å². The van der Waals surface area contributed by atoms with Crippen molar-refractivity contribution in [3.8, 4) is 0 Å². The second kappa shape index (κ2) is 5.97. The van der Waals surface area contributed by atoms with Crippen molar-refractivity contribution in [3.63, 3.8) is 0 Å². The van der Waals surface area contributed by atoms with E-state index < -0.39 is 0 Å². The topological polar surface area (TPSA) is 59.8 Å². The van der Waals surface area contributed by atoms with Gasteiger partial charge in [0, 0.05) is 10.9 Å². The van der Waals surface area contributed by atoms with E-state index >= 15 is 0 Å². The molecule has 0 unspecified atom stereocenters. The lowest BCUT2D eigenvalue weighted by Crippen LogP contribution is -2.24. The fourth-order valence-corrected chi connectivity index (χ4v) is 3.51. The first-order chi connectivity index (χ1) is 9.74. The lowest BCUT2D eigenvalue weighted by Gasteiger charge is -2.06. The maximum atomic E-state index is 11.8. The standard InChI is InChI=1S/C13H16N4OS2/c1-9-15-16-13(17(9)10-4-5-10)20-8-12(18)14-7-11-3-2-6-19-11/h2-3,6,10H,4-5,7-8H2,1H3,(H,14,18). The number of nitrogens with zero attached hydrogens (tertiary/aromatic N) is 3. The molecule has 1 N–H and O–H groups in total. The van der Waals surface area contributed by atoms with Gasteiger partial charge in [0.1, 0.15) is 5.82 Å². The molecule has 0 spiro atoms. The van der Waals surface area contributed by atoms with Crippen molar-refractivity contribution in [3.05, 3.63) is 28.2 Å². The summed E-state index contributed by atoms with van der Waals surface area (Å²) >= 11 is 3.11. The lowest BCUT2D eigenvalue weighted by atomic mass is 10.4. The van der Waals surface area contributed by atoms with Gasteiger partial charge in [-0.2, -0.15) is 0 Å². The van der Waals surface area contributed by atoms with Crippen molar-refractivity contribution < 1.29 is 4.79 Å². The van der Waals surface area contributed by atoms with Gasteiger partial charge in [0.2, 0.25) is 5.91 Å². The molecule has 3 rings (SSSR count). The SMILES string of the molecule is Cc1nnc(SCC(=O)NCc2cccs2)n1C1CC1. The number of hydrogen-bond donors (Lipinski definition) is 1. The normalized spacial score (nSPS) is 14.4. The third kappa shape index (κ3) is 3.21. The molecule has 1 saturated carbocycles. The highest BCUT2D eigenvalue weighted by molar-refractivity contribution is 7.99. The van der Waals surface area contributed by atoms with Gasteiger partial charge in [-0.1, -0.05) is 17.8 Å². The van der Waals surface area contributed by atoms with Crippen molar-refractivity contribution >= 4 is 29.0 Å². The third-order valence-corrected chi connectivity index (χ3v) is 4.94. The summed E-state index contributed by atoms with van der Waals surface area (Å²) in [6, 6.07) is 4.55. The Morgan fingerprint density at radius 1 is 1.55 bits per heavy atom. The molecule has 0 saturated heterocycles. The highest BCUT2D eigenvalue weighted by Gasteiger charge is 2.28. The number of aromatic nitrogens is 3. The molecule has 5 nitrogen and oxygen atoms in total. The van der Waals surface area contributed by atoms with Gasteiger partial charge < -0.3 is 9.88 Å². The number of nitrogens with one attached hydrogen (secondary N) is 1. The van der Waals surface area contributed by atoms with E-state index in [1.54, 1.807) is 11.3 Å². The maximum absolute atomic E-state index is 11.8. The molecule has 1 amide bonds. The minimum absolute atomic E-state index is 0.0337. The predicted molar refractivity (Wildman–Crippen MR) is 79.9 cm³/mol. The van der Waals surface area contributed by atoms with E-state index in [9.17, 15) is 4.79 Å². The van der Waals surface area contributed by atoms with Crippen LogP contribution in [-0.2, 0) is 11.3 Å². The van der Waals surface area contributed by atoms with Crippen molar-refractivity contribution in [1.82, 2.24) is 20.1 Å². The van der Waals surface area contributed by atoms with Gasteiger partial charge in [-0.05, 0) is 31.2 Å². The van der Waals surface area contributed by atoms with Crippen LogP contribution in [0.1, 0.15) is 29.6 Å². The summed E-state index contributed by atoms with van der Waals surface area (Å²) in [5, 5.41) is 14.0. The second-order valence-electron chi connectivity index (χ2n) is 4.78. The van der Waals surface area contributed by atoms with Crippen LogP contribution in [0.5, 0.6) is 0 Å². The van der Waals surface area contributed by atoms with Crippen molar-refractivity contribution in [2.24, 2.45) is 0 Å². The van der Waals surface area contributed by atoms with Crippen molar-refractivity contribution in [2.45, 2.75) is 37.5 Å². The fraction of sp³-hybridized carbons (Fsp3) is 0.462. The summed E-state index contributed by atoms with van der Waals surface area (Å²) in [6.45, 7) is 2.57. The van der Waals surface area contributed by atoms with Crippen LogP contribution < -0.4 is 5.32 Å². The van der Waals surface area contributed by atoms with Gasteiger partial charge in [-0.3, -0.25) is 4.79 Å². The molecule has 1 aliphatic carbocycles. The van der Waals surface area contributed by atoms with Crippen molar-refractivity contribution in [1.29, 1.82) is 0 Å². The Morgan fingerprint density at radius 2 is 2.40 bits per heavy atom. The largest absolute Gasteiger partial charge is 0.350 e. The summed E-state index contributed by atoms with van der Waals surface area (Å²) in [5.41, 5.74) is 0. The average Bonchev–Trinajstić information content (AvgIpc) is 3.00. The molecule has 0 aliphatic heterocycles. The molecule has 0 bridgehead atoms. The molecule has 1 aliphatic rings. The first-order valence-corrected chi connectivity index (χ1v) is 8.44. The maximum Gasteiger partial charge on any atom is 0.230 e. The number of thiophene rings is 1. The molecule has 20 heavy (non-hydrogen) atoms. The van der Waals surface area contributed by atoms with Gasteiger partial charge in [-0.15, -0.1) is 21.5 Å². The molecule has 0 radical (unpaired) electrons. The van der Waals surface area contributed by atoms with Crippen LogP contribution in [-0.4, -0.2) is 26.4 Å². The Morgan fingerprint density at radius 3 is 3.10 bits per heavy atom. The average molecular weight is 308 g/mol. The molecule has 0 atom stereocenters. The fourth-order valence-electron chi connectivity index (χ4n) is 1.98.